The first-order valence-corrected chi connectivity index (χ1v) is 11.4. The minimum atomic E-state index is -0.536. The Balaban J connectivity index is 1.51. The minimum Gasteiger partial charge on any atom is -0.465 e. The van der Waals surface area contributed by atoms with E-state index < -0.39 is 11.2 Å². The van der Waals surface area contributed by atoms with Crippen LogP contribution in [0.15, 0.2) is 69.9 Å². The van der Waals surface area contributed by atoms with Crippen LogP contribution in [0, 0.1) is 0 Å². The number of nitrogens with one attached hydrogen (secondary N) is 2. The molecule has 2 heterocycles. The number of carbonyl (C=O) groups is 2. The molecule has 0 fully saturated rings. The number of nitrogens with zero attached hydrogens (tertiary/aromatic N) is 1. The monoisotopic (exact) mass is 465 g/mol. The van der Waals surface area contributed by atoms with Gasteiger partial charge >= 0.3 is 5.97 Å². The predicted molar refractivity (Wildman–Crippen MR) is 127 cm³/mol. The van der Waals surface area contributed by atoms with Crippen molar-refractivity contribution in [2.75, 3.05) is 12.4 Å². The largest absolute Gasteiger partial charge is 0.465 e. The van der Waals surface area contributed by atoms with E-state index >= 15 is 0 Å². The third-order valence-corrected chi connectivity index (χ3v) is 6.57. The number of H-pyrrole nitrogens is 1. The second-order valence-corrected chi connectivity index (χ2v) is 9.08. The van der Waals surface area contributed by atoms with Gasteiger partial charge in [-0.3, -0.25) is 9.59 Å². The Morgan fingerprint density at radius 1 is 1.16 bits per heavy atom. The number of carbonyl (C=O) groups excluding carboxylic acids is 2. The fraction of sp³-hybridized carbons (Fsp3) is 0.130. The molecule has 1 unspecified atom stereocenters. The standard InChI is InChI=1S/C23H19N3O4S2/c1-13(19(27)24-16-10-6-9-15(11-16)22(29)30-2)32-23-25-20(28)18-17(12-31-21(18)26-23)14-7-4-3-5-8-14/h3-13H,1-2H3,(H,24,27)(H,25,26,28). The number of fused-ring (bicyclic) bond motifs is 1. The summed E-state index contributed by atoms with van der Waals surface area (Å²) in [7, 11) is 1.30. The first-order chi connectivity index (χ1) is 15.5. The summed E-state index contributed by atoms with van der Waals surface area (Å²) in [5.74, 6) is -0.764. The smallest absolute Gasteiger partial charge is 0.337 e. The number of anilines is 1. The van der Waals surface area contributed by atoms with E-state index in [2.05, 4.69) is 15.3 Å². The number of thiophene rings is 1. The molecule has 2 aromatic heterocycles. The van der Waals surface area contributed by atoms with Crippen LogP contribution in [-0.2, 0) is 9.53 Å². The Bertz CT molecular complexity index is 1350. The topological polar surface area (TPSA) is 101 Å². The van der Waals surface area contributed by atoms with Crippen molar-refractivity contribution in [2.24, 2.45) is 0 Å². The highest BCUT2D eigenvalue weighted by atomic mass is 32.2. The van der Waals surface area contributed by atoms with E-state index in [1.54, 1.807) is 31.2 Å². The fourth-order valence-electron chi connectivity index (χ4n) is 3.12. The van der Waals surface area contributed by atoms with Crippen molar-refractivity contribution in [1.29, 1.82) is 0 Å². The molecule has 0 saturated heterocycles. The summed E-state index contributed by atoms with van der Waals surface area (Å²) >= 11 is 2.55. The van der Waals surface area contributed by atoms with Crippen molar-refractivity contribution < 1.29 is 14.3 Å². The lowest BCUT2D eigenvalue weighted by Gasteiger charge is -2.12. The van der Waals surface area contributed by atoms with E-state index in [1.165, 1.54) is 18.4 Å². The molecule has 1 amide bonds. The van der Waals surface area contributed by atoms with Gasteiger partial charge in [-0.25, -0.2) is 9.78 Å². The molecule has 0 bridgehead atoms. The lowest BCUT2D eigenvalue weighted by atomic mass is 10.1. The van der Waals surface area contributed by atoms with Crippen molar-refractivity contribution in [2.45, 2.75) is 17.3 Å². The molecule has 2 N–H and O–H groups in total. The van der Waals surface area contributed by atoms with Gasteiger partial charge in [0.05, 0.1) is 23.3 Å². The molecule has 0 aliphatic carbocycles. The average Bonchev–Trinajstić information content (AvgIpc) is 3.24. The third-order valence-electron chi connectivity index (χ3n) is 4.72. The van der Waals surface area contributed by atoms with Gasteiger partial charge in [0.1, 0.15) is 4.83 Å². The van der Waals surface area contributed by atoms with E-state index in [0.717, 1.165) is 22.9 Å². The van der Waals surface area contributed by atoms with Crippen molar-refractivity contribution in [1.82, 2.24) is 9.97 Å². The maximum atomic E-state index is 12.8. The summed E-state index contributed by atoms with van der Waals surface area (Å²) in [4.78, 5) is 45.1. The second kappa shape index (κ2) is 9.37. The van der Waals surface area contributed by atoms with Crippen LogP contribution in [0.4, 0.5) is 5.69 Å². The van der Waals surface area contributed by atoms with Gasteiger partial charge in [-0.1, -0.05) is 48.2 Å². The van der Waals surface area contributed by atoms with Gasteiger partial charge in [0.25, 0.3) is 5.56 Å². The number of aromatic nitrogens is 2. The second-order valence-electron chi connectivity index (χ2n) is 6.89. The molecule has 0 aliphatic heterocycles. The number of thioether (sulfide) groups is 1. The number of hydrogen-bond acceptors (Lipinski definition) is 7. The number of amides is 1. The molecule has 0 aliphatic rings. The molecule has 162 valence electrons. The molecule has 4 rings (SSSR count). The molecule has 0 saturated carbocycles. The molecule has 0 spiro atoms. The SMILES string of the molecule is COC(=O)c1cccc(NC(=O)C(C)Sc2nc3scc(-c4ccccc4)c3c(=O)[nH]2)c1. The molecule has 1 atom stereocenters. The molecule has 0 radical (unpaired) electrons. The highest BCUT2D eigenvalue weighted by Crippen LogP contribution is 2.32. The first-order valence-electron chi connectivity index (χ1n) is 9.69. The minimum absolute atomic E-state index is 0.240. The summed E-state index contributed by atoms with van der Waals surface area (Å²) in [6.07, 6.45) is 0. The van der Waals surface area contributed by atoms with E-state index in [-0.39, 0.29) is 11.5 Å². The highest BCUT2D eigenvalue weighted by Gasteiger charge is 2.19. The number of benzene rings is 2. The van der Waals surface area contributed by atoms with Crippen LogP contribution in [0.1, 0.15) is 17.3 Å². The maximum absolute atomic E-state index is 12.8. The Hall–Kier alpha value is -3.43. The van der Waals surface area contributed by atoms with Gasteiger partial charge in [-0.15, -0.1) is 11.3 Å². The number of rotatable bonds is 6. The Labute approximate surface area is 191 Å². The van der Waals surface area contributed by atoms with Crippen LogP contribution in [0.3, 0.4) is 0 Å². The van der Waals surface area contributed by atoms with Crippen molar-refractivity contribution >= 4 is 50.9 Å². The maximum Gasteiger partial charge on any atom is 0.337 e. The summed E-state index contributed by atoms with van der Waals surface area (Å²) < 4.78 is 4.70. The van der Waals surface area contributed by atoms with Crippen LogP contribution in [0.2, 0.25) is 0 Å². The zero-order valence-corrected chi connectivity index (χ0v) is 18.9. The fourth-order valence-corrected chi connectivity index (χ4v) is 4.92. The van der Waals surface area contributed by atoms with E-state index in [1.807, 2.05) is 35.7 Å². The zero-order chi connectivity index (χ0) is 22.7. The van der Waals surface area contributed by atoms with Crippen molar-refractivity contribution in [3.8, 4) is 11.1 Å². The van der Waals surface area contributed by atoms with Gasteiger partial charge in [0.2, 0.25) is 5.91 Å². The van der Waals surface area contributed by atoms with Gasteiger partial charge < -0.3 is 15.0 Å². The lowest BCUT2D eigenvalue weighted by Crippen LogP contribution is -2.23. The van der Waals surface area contributed by atoms with Crippen molar-refractivity contribution in [3.63, 3.8) is 0 Å². The highest BCUT2D eigenvalue weighted by molar-refractivity contribution is 8.00. The van der Waals surface area contributed by atoms with Gasteiger partial charge in [0, 0.05) is 16.6 Å². The summed E-state index contributed by atoms with van der Waals surface area (Å²) in [6.45, 7) is 1.72. The van der Waals surface area contributed by atoms with E-state index in [9.17, 15) is 14.4 Å². The predicted octanol–water partition coefficient (Wildman–Crippen LogP) is 4.56. The number of esters is 1. The normalized spacial score (nSPS) is 11.8. The van der Waals surface area contributed by atoms with Crippen LogP contribution >= 0.6 is 23.1 Å². The number of hydrogen-bond donors (Lipinski definition) is 2. The number of ether oxygens (including phenoxy) is 1. The molecule has 7 nitrogen and oxygen atoms in total. The van der Waals surface area contributed by atoms with Gasteiger partial charge in [0.15, 0.2) is 5.16 Å². The molecular formula is C23H19N3O4S2. The lowest BCUT2D eigenvalue weighted by molar-refractivity contribution is -0.115. The molecule has 2 aromatic carbocycles. The summed E-state index contributed by atoms with van der Waals surface area (Å²) in [6, 6.07) is 16.2. The van der Waals surface area contributed by atoms with Crippen LogP contribution in [-0.4, -0.2) is 34.2 Å². The quantitative estimate of drug-likeness (QED) is 0.246. The third kappa shape index (κ3) is 4.58. The van der Waals surface area contributed by atoms with Crippen LogP contribution < -0.4 is 10.9 Å². The Morgan fingerprint density at radius 2 is 1.94 bits per heavy atom. The molecular weight excluding hydrogens is 446 g/mol. The van der Waals surface area contributed by atoms with Gasteiger partial charge in [-0.2, -0.15) is 0 Å². The van der Waals surface area contributed by atoms with Crippen LogP contribution in [0.5, 0.6) is 0 Å². The molecule has 32 heavy (non-hydrogen) atoms. The molecule has 9 heteroatoms. The van der Waals surface area contributed by atoms with Gasteiger partial charge in [-0.05, 0) is 30.7 Å². The number of aromatic amines is 1. The first kappa shape index (κ1) is 21.8. The van der Waals surface area contributed by atoms with E-state index in [0.29, 0.717) is 26.6 Å². The summed E-state index contributed by atoms with van der Waals surface area (Å²) in [5, 5.41) is 5.07. The number of methoxy groups -OCH3 is 1. The average molecular weight is 466 g/mol. The van der Waals surface area contributed by atoms with Crippen LogP contribution in [0.25, 0.3) is 21.3 Å². The van der Waals surface area contributed by atoms with Crippen molar-refractivity contribution in [3.05, 3.63) is 75.9 Å². The molecule has 4 aromatic rings. The Kier molecular flexibility index (Phi) is 6.38. The Morgan fingerprint density at radius 3 is 2.69 bits per heavy atom. The zero-order valence-electron chi connectivity index (χ0n) is 17.2. The van der Waals surface area contributed by atoms with E-state index in [4.69, 9.17) is 4.74 Å². The summed E-state index contributed by atoms with van der Waals surface area (Å²) in [5.41, 5.74) is 2.37.